The first-order chi connectivity index (χ1) is 13.3. The van der Waals surface area contributed by atoms with Crippen LogP contribution in [0.1, 0.15) is 60.4 Å². The van der Waals surface area contributed by atoms with E-state index < -0.39 is 0 Å². The van der Waals surface area contributed by atoms with E-state index in [0.717, 1.165) is 44.8 Å². The molecule has 28 heavy (non-hydrogen) atoms. The molecule has 0 aromatic carbocycles. The lowest BCUT2D eigenvalue weighted by atomic mass is 10.1. The van der Waals surface area contributed by atoms with Crippen molar-refractivity contribution >= 4 is 18.3 Å². The molecule has 7 nitrogen and oxygen atoms in total. The van der Waals surface area contributed by atoms with Crippen LogP contribution in [0, 0.1) is 0 Å². The van der Waals surface area contributed by atoms with Gasteiger partial charge in [-0.2, -0.15) is 5.10 Å². The summed E-state index contributed by atoms with van der Waals surface area (Å²) in [6, 6.07) is 6.13. The maximum atomic E-state index is 12.6. The zero-order chi connectivity index (χ0) is 18.5. The standard InChI is InChI=1S/C20H29N5O2.ClH/c26-20(17-8-12-25(23-17)16-6-4-9-21-14-16)22-15-18(19-7-5-13-27-19)24-10-2-1-3-11-24;/h5,7-8,12-13,16,18,21H,1-4,6,9-11,14-15H2,(H,22,26);1H. The molecular weight excluding hydrogens is 378 g/mol. The fraction of sp³-hybridized carbons (Fsp3) is 0.600. The molecule has 154 valence electrons. The molecule has 1 amide bonds. The lowest BCUT2D eigenvalue weighted by Gasteiger charge is -2.33. The highest BCUT2D eigenvalue weighted by Gasteiger charge is 2.25. The minimum Gasteiger partial charge on any atom is -0.468 e. The molecule has 2 aliphatic rings. The summed E-state index contributed by atoms with van der Waals surface area (Å²) in [6.07, 6.45) is 9.55. The van der Waals surface area contributed by atoms with Gasteiger partial charge in [0.1, 0.15) is 11.5 Å². The summed E-state index contributed by atoms with van der Waals surface area (Å²) in [5.74, 6) is 0.794. The van der Waals surface area contributed by atoms with Crippen LogP contribution in [0.2, 0.25) is 0 Å². The molecule has 2 aliphatic heterocycles. The normalized spacial score (nSPS) is 21.6. The molecule has 2 aromatic rings. The van der Waals surface area contributed by atoms with E-state index >= 15 is 0 Å². The Morgan fingerprint density at radius 1 is 1.29 bits per heavy atom. The Kier molecular flexibility index (Phi) is 7.53. The van der Waals surface area contributed by atoms with E-state index in [4.69, 9.17) is 4.42 Å². The van der Waals surface area contributed by atoms with E-state index in [-0.39, 0.29) is 24.4 Å². The summed E-state index contributed by atoms with van der Waals surface area (Å²) in [5, 5.41) is 11.0. The molecule has 2 atom stereocenters. The summed E-state index contributed by atoms with van der Waals surface area (Å²) >= 11 is 0. The van der Waals surface area contributed by atoms with Gasteiger partial charge in [-0.3, -0.25) is 14.4 Å². The van der Waals surface area contributed by atoms with Gasteiger partial charge in [-0.25, -0.2) is 0 Å². The SMILES string of the molecule is Cl.O=C(NCC(c1ccco1)N1CCCCC1)c1ccn(C2CCCNC2)n1. The van der Waals surface area contributed by atoms with Crippen LogP contribution in [0.15, 0.2) is 35.1 Å². The minimum absolute atomic E-state index is 0. The number of hydrogen-bond acceptors (Lipinski definition) is 5. The van der Waals surface area contributed by atoms with Crippen molar-refractivity contribution in [3.63, 3.8) is 0 Å². The van der Waals surface area contributed by atoms with Crippen LogP contribution in [0.25, 0.3) is 0 Å². The van der Waals surface area contributed by atoms with Crippen molar-refractivity contribution in [3.05, 3.63) is 42.1 Å². The average molecular weight is 408 g/mol. The zero-order valence-corrected chi connectivity index (χ0v) is 17.0. The van der Waals surface area contributed by atoms with Crippen molar-refractivity contribution in [2.24, 2.45) is 0 Å². The summed E-state index contributed by atoms with van der Waals surface area (Å²) in [5.41, 5.74) is 0.484. The number of amides is 1. The van der Waals surface area contributed by atoms with E-state index in [1.807, 2.05) is 29.1 Å². The third kappa shape index (κ3) is 4.96. The van der Waals surface area contributed by atoms with Crippen LogP contribution in [-0.4, -0.2) is 53.3 Å². The quantitative estimate of drug-likeness (QED) is 0.770. The predicted molar refractivity (Wildman–Crippen MR) is 110 cm³/mol. The molecule has 0 saturated carbocycles. The third-order valence-corrected chi connectivity index (χ3v) is 5.64. The summed E-state index contributed by atoms with van der Waals surface area (Å²) < 4.78 is 7.58. The molecule has 2 unspecified atom stereocenters. The number of carbonyl (C=O) groups is 1. The second kappa shape index (κ2) is 10.1. The molecule has 0 spiro atoms. The summed E-state index contributed by atoms with van der Waals surface area (Å²) in [6.45, 7) is 4.60. The number of halogens is 1. The first kappa shape index (κ1) is 20.9. The Labute approximate surface area is 172 Å². The van der Waals surface area contributed by atoms with Gasteiger partial charge in [-0.1, -0.05) is 6.42 Å². The number of furan rings is 1. The van der Waals surface area contributed by atoms with Gasteiger partial charge < -0.3 is 15.1 Å². The van der Waals surface area contributed by atoms with Crippen LogP contribution in [0.3, 0.4) is 0 Å². The van der Waals surface area contributed by atoms with Crippen molar-refractivity contribution in [3.8, 4) is 0 Å². The average Bonchev–Trinajstić information content (AvgIpc) is 3.42. The van der Waals surface area contributed by atoms with E-state index in [1.54, 1.807) is 6.26 Å². The molecule has 4 rings (SSSR count). The lowest BCUT2D eigenvalue weighted by molar-refractivity contribution is 0.0908. The molecule has 0 bridgehead atoms. The third-order valence-electron chi connectivity index (χ3n) is 5.64. The van der Waals surface area contributed by atoms with E-state index in [9.17, 15) is 4.79 Å². The topological polar surface area (TPSA) is 75.3 Å². The second-order valence-corrected chi connectivity index (χ2v) is 7.52. The molecule has 4 heterocycles. The number of likely N-dealkylation sites (tertiary alicyclic amines) is 1. The van der Waals surface area contributed by atoms with Gasteiger partial charge in [0, 0.05) is 19.3 Å². The van der Waals surface area contributed by atoms with E-state index in [0.29, 0.717) is 18.3 Å². The number of piperidine rings is 2. The number of rotatable bonds is 6. The number of carbonyl (C=O) groups excluding carboxylic acids is 1. The van der Waals surface area contributed by atoms with Crippen LogP contribution < -0.4 is 10.6 Å². The van der Waals surface area contributed by atoms with Crippen molar-refractivity contribution in [2.75, 3.05) is 32.7 Å². The molecule has 2 saturated heterocycles. The van der Waals surface area contributed by atoms with Crippen LogP contribution in [-0.2, 0) is 0 Å². The Morgan fingerprint density at radius 3 is 2.86 bits per heavy atom. The monoisotopic (exact) mass is 407 g/mol. The summed E-state index contributed by atoms with van der Waals surface area (Å²) in [7, 11) is 0. The summed E-state index contributed by atoms with van der Waals surface area (Å²) in [4.78, 5) is 15.1. The number of nitrogens with one attached hydrogen (secondary N) is 2. The van der Waals surface area contributed by atoms with E-state index in [1.165, 1.54) is 19.3 Å². The zero-order valence-electron chi connectivity index (χ0n) is 16.2. The largest absolute Gasteiger partial charge is 0.468 e. The maximum Gasteiger partial charge on any atom is 0.271 e. The Hall–Kier alpha value is -1.83. The van der Waals surface area contributed by atoms with Crippen LogP contribution in [0.4, 0.5) is 0 Å². The van der Waals surface area contributed by atoms with Crippen molar-refractivity contribution in [1.29, 1.82) is 0 Å². The lowest BCUT2D eigenvalue weighted by Crippen LogP contribution is -2.40. The Morgan fingerprint density at radius 2 is 2.14 bits per heavy atom. The van der Waals surface area contributed by atoms with E-state index in [2.05, 4.69) is 20.6 Å². The Balaban J connectivity index is 0.00000225. The van der Waals surface area contributed by atoms with Crippen molar-refractivity contribution < 1.29 is 9.21 Å². The first-order valence-electron chi connectivity index (χ1n) is 10.1. The Bertz CT molecular complexity index is 721. The highest BCUT2D eigenvalue weighted by molar-refractivity contribution is 5.92. The maximum absolute atomic E-state index is 12.6. The van der Waals surface area contributed by atoms with Gasteiger partial charge in [-0.15, -0.1) is 12.4 Å². The highest BCUT2D eigenvalue weighted by Crippen LogP contribution is 2.24. The minimum atomic E-state index is -0.119. The van der Waals surface area contributed by atoms with Gasteiger partial charge in [-0.05, 0) is 63.5 Å². The predicted octanol–water partition coefficient (Wildman–Crippen LogP) is 2.78. The van der Waals surface area contributed by atoms with Crippen LogP contribution >= 0.6 is 12.4 Å². The molecule has 0 aliphatic carbocycles. The fourth-order valence-corrected chi connectivity index (χ4v) is 4.12. The first-order valence-corrected chi connectivity index (χ1v) is 10.1. The molecule has 2 aromatic heterocycles. The van der Waals surface area contributed by atoms with Gasteiger partial charge in [0.2, 0.25) is 0 Å². The van der Waals surface area contributed by atoms with Crippen molar-refractivity contribution in [2.45, 2.75) is 44.2 Å². The number of hydrogen-bond donors (Lipinski definition) is 2. The molecule has 8 heteroatoms. The smallest absolute Gasteiger partial charge is 0.271 e. The molecule has 2 fully saturated rings. The molecule has 2 N–H and O–H groups in total. The molecule has 0 radical (unpaired) electrons. The fourth-order valence-electron chi connectivity index (χ4n) is 4.12. The van der Waals surface area contributed by atoms with Crippen LogP contribution in [0.5, 0.6) is 0 Å². The number of aromatic nitrogens is 2. The molecular formula is C20H30ClN5O2. The number of nitrogens with zero attached hydrogens (tertiary/aromatic N) is 3. The van der Waals surface area contributed by atoms with Gasteiger partial charge in [0.25, 0.3) is 5.91 Å². The highest BCUT2D eigenvalue weighted by atomic mass is 35.5. The van der Waals surface area contributed by atoms with Gasteiger partial charge in [0.15, 0.2) is 0 Å². The van der Waals surface area contributed by atoms with Gasteiger partial charge in [0.05, 0.1) is 18.3 Å². The second-order valence-electron chi connectivity index (χ2n) is 7.52. The van der Waals surface area contributed by atoms with Gasteiger partial charge >= 0.3 is 0 Å². The van der Waals surface area contributed by atoms with Crippen molar-refractivity contribution in [1.82, 2.24) is 25.3 Å².